The smallest absolute Gasteiger partial charge is 0.140 e. The molecule has 0 aliphatic heterocycles. The summed E-state index contributed by atoms with van der Waals surface area (Å²) in [5, 5.41) is 1.20. The molecule has 0 saturated carbocycles. The predicted molar refractivity (Wildman–Crippen MR) is 82.8 cm³/mol. The van der Waals surface area contributed by atoms with Crippen molar-refractivity contribution in [2.75, 3.05) is 0 Å². The van der Waals surface area contributed by atoms with E-state index < -0.39 is 0 Å². The summed E-state index contributed by atoms with van der Waals surface area (Å²) in [7, 11) is 2.03. The molecular formula is C17H19N3. The maximum Gasteiger partial charge on any atom is 0.140 e. The van der Waals surface area contributed by atoms with Crippen LogP contribution in [-0.2, 0) is 7.05 Å². The first-order valence-electron chi connectivity index (χ1n) is 6.95. The van der Waals surface area contributed by atoms with Gasteiger partial charge in [-0.05, 0) is 48.2 Å². The lowest BCUT2D eigenvalue weighted by Gasteiger charge is -2.07. The summed E-state index contributed by atoms with van der Waals surface area (Å²) in [5.74, 6) is 0.498. The van der Waals surface area contributed by atoms with Gasteiger partial charge in [0.15, 0.2) is 0 Å². The van der Waals surface area contributed by atoms with Crippen LogP contribution >= 0.6 is 0 Å². The lowest BCUT2D eigenvalue weighted by molar-refractivity contribution is 0.863. The van der Waals surface area contributed by atoms with Gasteiger partial charge in [-0.25, -0.2) is 4.98 Å². The third kappa shape index (κ3) is 2.09. The number of fused-ring (bicyclic) bond motifs is 1. The Morgan fingerprint density at radius 2 is 1.90 bits per heavy atom. The van der Waals surface area contributed by atoms with Crippen LogP contribution in [0.4, 0.5) is 0 Å². The van der Waals surface area contributed by atoms with Gasteiger partial charge < -0.3 is 4.57 Å². The van der Waals surface area contributed by atoms with Gasteiger partial charge in [0.25, 0.3) is 0 Å². The number of rotatable bonds is 2. The maximum atomic E-state index is 4.77. The van der Waals surface area contributed by atoms with E-state index in [1.54, 1.807) is 0 Å². The zero-order valence-corrected chi connectivity index (χ0v) is 12.4. The first-order valence-corrected chi connectivity index (χ1v) is 6.95. The van der Waals surface area contributed by atoms with Crippen LogP contribution in [0.3, 0.4) is 0 Å². The lowest BCUT2D eigenvalue weighted by atomic mass is 10.0. The fourth-order valence-electron chi connectivity index (χ4n) is 2.53. The Morgan fingerprint density at radius 3 is 2.65 bits per heavy atom. The standard InChI is InChI=1S/C17H19N3/c1-11(2)13-7-8-18-16(9-13)15-6-5-14-12(3)10-20(4)17(14)19-15/h5-11H,1-4H3. The monoisotopic (exact) mass is 265 g/mol. The second-order valence-corrected chi connectivity index (χ2v) is 5.62. The molecule has 0 unspecified atom stereocenters. The molecule has 0 atom stereocenters. The van der Waals surface area contributed by atoms with Crippen molar-refractivity contribution in [1.29, 1.82) is 0 Å². The largest absolute Gasteiger partial charge is 0.335 e. The molecule has 0 N–H and O–H groups in total. The second-order valence-electron chi connectivity index (χ2n) is 5.62. The van der Waals surface area contributed by atoms with Gasteiger partial charge in [0.2, 0.25) is 0 Å². The maximum absolute atomic E-state index is 4.77. The number of hydrogen-bond acceptors (Lipinski definition) is 2. The van der Waals surface area contributed by atoms with Gasteiger partial charge in [0.05, 0.1) is 11.4 Å². The van der Waals surface area contributed by atoms with Crippen molar-refractivity contribution < 1.29 is 0 Å². The van der Waals surface area contributed by atoms with Gasteiger partial charge in [0.1, 0.15) is 5.65 Å². The minimum absolute atomic E-state index is 0.498. The van der Waals surface area contributed by atoms with Crippen LogP contribution in [0, 0.1) is 6.92 Å². The van der Waals surface area contributed by atoms with E-state index >= 15 is 0 Å². The first kappa shape index (κ1) is 12.9. The molecule has 3 aromatic heterocycles. The molecule has 20 heavy (non-hydrogen) atoms. The highest BCUT2D eigenvalue weighted by molar-refractivity contribution is 5.82. The molecule has 3 nitrogen and oxygen atoms in total. The number of nitrogens with zero attached hydrogens (tertiary/aromatic N) is 3. The Kier molecular flexibility index (Phi) is 3.05. The van der Waals surface area contributed by atoms with Crippen LogP contribution in [0.2, 0.25) is 0 Å². The van der Waals surface area contributed by atoms with Gasteiger partial charge in [0, 0.05) is 24.8 Å². The van der Waals surface area contributed by atoms with Crippen LogP contribution in [0.1, 0.15) is 30.9 Å². The summed E-state index contributed by atoms with van der Waals surface area (Å²) >= 11 is 0. The Labute approximate surface area is 119 Å². The zero-order chi connectivity index (χ0) is 14.3. The molecule has 3 rings (SSSR count). The van der Waals surface area contributed by atoms with Crippen molar-refractivity contribution >= 4 is 11.0 Å². The van der Waals surface area contributed by atoms with Crippen LogP contribution in [0.5, 0.6) is 0 Å². The average Bonchev–Trinajstić information content (AvgIpc) is 2.74. The van der Waals surface area contributed by atoms with Gasteiger partial charge in [-0.2, -0.15) is 0 Å². The molecule has 0 amide bonds. The molecule has 0 aliphatic carbocycles. The number of hydrogen-bond donors (Lipinski definition) is 0. The lowest BCUT2D eigenvalue weighted by Crippen LogP contribution is -1.94. The molecule has 0 radical (unpaired) electrons. The molecule has 0 fully saturated rings. The van der Waals surface area contributed by atoms with E-state index in [9.17, 15) is 0 Å². The predicted octanol–water partition coefficient (Wildman–Crippen LogP) is 4.07. The zero-order valence-electron chi connectivity index (χ0n) is 12.4. The Bertz CT molecular complexity index is 769. The van der Waals surface area contributed by atoms with E-state index in [2.05, 4.69) is 60.8 Å². The summed E-state index contributed by atoms with van der Waals surface area (Å²) in [6.07, 6.45) is 3.98. The summed E-state index contributed by atoms with van der Waals surface area (Å²) in [6, 6.07) is 8.40. The summed E-state index contributed by atoms with van der Waals surface area (Å²) < 4.78 is 2.07. The van der Waals surface area contributed by atoms with E-state index in [1.807, 2.05) is 13.2 Å². The Hall–Kier alpha value is -2.16. The Morgan fingerprint density at radius 1 is 1.10 bits per heavy atom. The molecule has 0 saturated heterocycles. The van der Waals surface area contributed by atoms with Crippen molar-refractivity contribution in [2.24, 2.45) is 7.05 Å². The van der Waals surface area contributed by atoms with Crippen LogP contribution in [-0.4, -0.2) is 14.5 Å². The number of aromatic nitrogens is 3. The second kappa shape index (κ2) is 4.75. The molecule has 3 aromatic rings. The quantitative estimate of drug-likeness (QED) is 0.699. The highest BCUT2D eigenvalue weighted by Crippen LogP contribution is 2.24. The molecule has 0 aromatic carbocycles. The molecule has 102 valence electrons. The van der Waals surface area contributed by atoms with Crippen LogP contribution < -0.4 is 0 Å². The van der Waals surface area contributed by atoms with E-state index in [-0.39, 0.29) is 0 Å². The van der Waals surface area contributed by atoms with Crippen molar-refractivity contribution in [2.45, 2.75) is 26.7 Å². The van der Waals surface area contributed by atoms with Crippen LogP contribution in [0.25, 0.3) is 22.4 Å². The molecule has 3 heterocycles. The highest BCUT2D eigenvalue weighted by atomic mass is 15.0. The third-order valence-electron chi connectivity index (χ3n) is 3.73. The van der Waals surface area contributed by atoms with Gasteiger partial charge in [-0.15, -0.1) is 0 Å². The molecule has 0 spiro atoms. The van der Waals surface area contributed by atoms with Crippen molar-refractivity contribution in [3.8, 4) is 11.4 Å². The van der Waals surface area contributed by atoms with Gasteiger partial charge >= 0.3 is 0 Å². The van der Waals surface area contributed by atoms with Crippen molar-refractivity contribution in [3.05, 3.63) is 47.8 Å². The average molecular weight is 265 g/mol. The van der Waals surface area contributed by atoms with Crippen LogP contribution in [0.15, 0.2) is 36.7 Å². The minimum atomic E-state index is 0.498. The normalized spacial score (nSPS) is 11.4. The van der Waals surface area contributed by atoms with Gasteiger partial charge in [-0.1, -0.05) is 13.8 Å². The summed E-state index contributed by atoms with van der Waals surface area (Å²) in [4.78, 5) is 9.23. The highest BCUT2D eigenvalue weighted by Gasteiger charge is 2.09. The Balaban J connectivity index is 2.14. The van der Waals surface area contributed by atoms with Gasteiger partial charge in [-0.3, -0.25) is 4.98 Å². The minimum Gasteiger partial charge on any atom is -0.335 e. The summed E-state index contributed by atoms with van der Waals surface area (Å²) in [6.45, 7) is 6.49. The molecule has 3 heteroatoms. The van der Waals surface area contributed by atoms with E-state index in [0.29, 0.717) is 5.92 Å². The third-order valence-corrected chi connectivity index (χ3v) is 3.73. The molecular weight excluding hydrogens is 246 g/mol. The SMILES string of the molecule is Cc1cn(C)c2nc(-c3cc(C(C)C)ccn3)ccc12. The van der Waals surface area contributed by atoms with Crippen molar-refractivity contribution in [3.63, 3.8) is 0 Å². The van der Waals surface area contributed by atoms with E-state index in [1.165, 1.54) is 16.5 Å². The van der Waals surface area contributed by atoms with Crippen molar-refractivity contribution in [1.82, 2.24) is 14.5 Å². The fraction of sp³-hybridized carbons (Fsp3) is 0.294. The molecule has 0 bridgehead atoms. The van der Waals surface area contributed by atoms with E-state index in [4.69, 9.17) is 4.98 Å². The van der Waals surface area contributed by atoms with E-state index in [0.717, 1.165) is 17.0 Å². The number of aryl methyl sites for hydroxylation is 2. The number of pyridine rings is 2. The first-order chi connectivity index (χ1) is 9.56. The summed E-state index contributed by atoms with van der Waals surface area (Å²) in [5.41, 5.74) is 5.43. The fourth-order valence-corrected chi connectivity index (χ4v) is 2.53. The molecule has 0 aliphatic rings. The topological polar surface area (TPSA) is 30.7 Å².